The van der Waals surface area contributed by atoms with Crippen molar-refractivity contribution in [1.82, 2.24) is 29.3 Å². The molecule has 0 unspecified atom stereocenters. The van der Waals surface area contributed by atoms with Gasteiger partial charge >= 0.3 is 0 Å². The highest BCUT2D eigenvalue weighted by Gasteiger charge is 2.20. The van der Waals surface area contributed by atoms with Gasteiger partial charge in [0.15, 0.2) is 23.6 Å². The van der Waals surface area contributed by atoms with Crippen molar-refractivity contribution in [2.24, 2.45) is 16.6 Å². The van der Waals surface area contributed by atoms with Gasteiger partial charge in [-0.05, 0) is 91.8 Å². The first-order valence-electron chi connectivity index (χ1n) is 12.2. The van der Waals surface area contributed by atoms with E-state index in [-0.39, 0.29) is 0 Å². The molecule has 11 nitrogen and oxygen atoms in total. The number of carbonyl (C=O) groups is 1. The average Bonchev–Trinajstić information content (AvgIpc) is 3.75. The summed E-state index contributed by atoms with van der Waals surface area (Å²) in [6.07, 6.45) is 10.5. The topological polar surface area (TPSA) is 183 Å². The van der Waals surface area contributed by atoms with Crippen molar-refractivity contribution in [3.8, 4) is 22.9 Å². The number of benzene rings is 1. The highest BCUT2D eigenvalue weighted by molar-refractivity contribution is 8.01. The third kappa shape index (κ3) is 5.82. The Morgan fingerprint density at radius 3 is 2.51 bits per heavy atom. The SMILES string of the molecule is CN.N/C=C(/C=O)SN.Nc1ncccc1-c1nc2ccc(-n3cccn3)nc2n1-c1ccc2c(c1)CCC2. The Hall–Kier alpha value is -4.52. The average molecular weight is 543 g/mol. The molecule has 0 bridgehead atoms. The molecule has 1 aliphatic rings. The van der Waals surface area contributed by atoms with E-state index < -0.39 is 0 Å². The number of nitrogens with zero attached hydrogens (tertiary/aromatic N) is 6. The van der Waals surface area contributed by atoms with Crippen molar-refractivity contribution in [1.29, 1.82) is 0 Å². The van der Waals surface area contributed by atoms with Crippen molar-refractivity contribution < 1.29 is 4.79 Å². The summed E-state index contributed by atoms with van der Waals surface area (Å²) >= 11 is 0.838. The van der Waals surface area contributed by atoms with E-state index in [9.17, 15) is 4.79 Å². The smallest absolute Gasteiger partial charge is 0.167 e. The number of nitrogen functional groups attached to an aromatic ring is 1. The molecular formula is C27H30N10OS. The lowest BCUT2D eigenvalue weighted by molar-refractivity contribution is -0.104. The molecule has 0 spiro atoms. The molecule has 0 atom stereocenters. The Balaban J connectivity index is 0.000000345. The maximum Gasteiger partial charge on any atom is 0.167 e. The van der Waals surface area contributed by atoms with Gasteiger partial charge in [0.05, 0.1) is 10.5 Å². The van der Waals surface area contributed by atoms with Crippen LogP contribution >= 0.6 is 11.9 Å². The van der Waals surface area contributed by atoms with Gasteiger partial charge in [-0.25, -0.2) is 19.6 Å². The summed E-state index contributed by atoms with van der Waals surface area (Å²) in [5.74, 6) is 1.92. The lowest BCUT2D eigenvalue weighted by Crippen LogP contribution is -2.04. The predicted octanol–water partition coefficient (Wildman–Crippen LogP) is 2.91. The molecule has 6 rings (SSSR count). The molecule has 0 saturated carbocycles. The minimum absolute atomic E-state index is 0.347. The Bertz CT molecular complexity index is 1590. The molecule has 12 heteroatoms. The van der Waals surface area contributed by atoms with Gasteiger partial charge in [-0.2, -0.15) is 5.10 Å². The zero-order valence-electron chi connectivity index (χ0n) is 21.4. The second-order valence-corrected chi connectivity index (χ2v) is 8.99. The van der Waals surface area contributed by atoms with Crippen LogP contribution in [0.4, 0.5) is 5.82 Å². The molecule has 8 N–H and O–H groups in total. The number of pyridine rings is 2. The van der Waals surface area contributed by atoms with Crippen LogP contribution in [0.15, 0.2) is 78.2 Å². The van der Waals surface area contributed by atoms with Gasteiger partial charge in [0.1, 0.15) is 11.3 Å². The van der Waals surface area contributed by atoms with Crippen molar-refractivity contribution >= 4 is 35.2 Å². The largest absolute Gasteiger partial charge is 0.404 e. The third-order valence-corrected chi connectivity index (χ3v) is 6.57. The number of anilines is 1. The quantitative estimate of drug-likeness (QED) is 0.146. The molecule has 0 fully saturated rings. The molecule has 39 heavy (non-hydrogen) atoms. The Kier molecular flexibility index (Phi) is 9.05. The summed E-state index contributed by atoms with van der Waals surface area (Å²) in [4.78, 5) is 24.1. The number of fused-ring (bicyclic) bond motifs is 2. The van der Waals surface area contributed by atoms with E-state index in [1.807, 2.05) is 36.5 Å². The summed E-state index contributed by atoms with van der Waals surface area (Å²) < 4.78 is 3.83. The minimum atomic E-state index is 0.347. The number of hydrogen-bond acceptors (Lipinski definition) is 10. The number of aromatic nitrogens is 6. The van der Waals surface area contributed by atoms with E-state index in [1.165, 1.54) is 24.6 Å². The van der Waals surface area contributed by atoms with Crippen LogP contribution in [0.5, 0.6) is 0 Å². The van der Waals surface area contributed by atoms with Gasteiger partial charge in [-0.3, -0.25) is 14.5 Å². The van der Waals surface area contributed by atoms with Crippen LogP contribution < -0.4 is 22.3 Å². The Morgan fingerprint density at radius 2 is 1.85 bits per heavy atom. The fourth-order valence-electron chi connectivity index (χ4n) is 4.31. The lowest BCUT2D eigenvalue weighted by atomic mass is 10.1. The van der Waals surface area contributed by atoms with E-state index in [2.05, 4.69) is 38.6 Å². The van der Waals surface area contributed by atoms with Gasteiger partial charge in [-0.15, -0.1) is 0 Å². The maximum atomic E-state index is 9.72. The first-order chi connectivity index (χ1) is 19.1. The molecule has 1 aliphatic carbocycles. The predicted molar refractivity (Wildman–Crippen MR) is 156 cm³/mol. The molecule has 4 aromatic heterocycles. The van der Waals surface area contributed by atoms with Crippen LogP contribution in [-0.2, 0) is 17.6 Å². The first kappa shape index (κ1) is 27.5. The molecular weight excluding hydrogens is 512 g/mol. The number of imidazole rings is 1. The van der Waals surface area contributed by atoms with Crippen molar-refractivity contribution in [3.63, 3.8) is 0 Å². The highest BCUT2D eigenvalue weighted by atomic mass is 32.2. The molecule has 0 radical (unpaired) electrons. The summed E-state index contributed by atoms with van der Waals surface area (Å²) in [7, 11) is 1.50. The second-order valence-electron chi connectivity index (χ2n) is 8.28. The second kappa shape index (κ2) is 12.8. The van der Waals surface area contributed by atoms with Crippen LogP contribution in [0, 0.1) is 0 Å². The zero-order chi connectivity index (χ0) is 27.8. The number of nitrogens with two attached hydrogens (primary N) is 4. The number of aldehydes is 1. The van der Waals surface area contributed by atoms with E-state index in [4.69, 9.17) is 26.6 Å². The van der Waals surface area contributed by atoms with Crippen molar-refractivity contribution in [2.45, 2.75) is 19.3 Å². The van der Waals surface area contributed by atoms with Crippen LogP contribution in [0.1, 0.15) is 17.5 Å². The highest BCUT2D eigenvalue weighted by Crippen LogP contribution is 2.32. The van der Waals surface area contributed by atoms with E-state index in [1.54, 1.807) is 17.1 Å². The first-order valence-corrected chi connectivity index (χ1v) is 13.0. The molecule has 5 aromatic rings. The number of hydrogen-bond donors (Lipinski definition) is 4. The van der Waals surface area contributed by atoms with Gasteiger partial charge in [-0.1, -0.05) is 6.07 Å². The standard InChI is InChI=1S/C23H19N7.C3H6N2OS.CH5N/c24-21-18(6-2-11-25-21)22-27-19-9-10-20(29-13-3-12-26-29)28-23(19)30(22)17-8-7-15-4-1-5-16(15)14-17;4-1-3(2-6)7-5;1-2/h2-3,6-14H,1,4-5H2,(H2,24,25);1-2H,4-5H2;2H2,1H3/b;3-1-;. The third-order valence-electron chi connectivity index (χ3n) is 6.07. The normalized spacial score (nSPS) is 12.2. The summed E-state index contributed by atoms with van der Waals surface area (Å²) in [5.41, 5.74) is 21.8. The fraction of sp³-hybridized carbons (Fsp3) is 0.148. The fourth-order valence-corrected chi connectivity index (χ4v) is 4.45. The monoisotopic (exact) mass is 542 g/mol. The molecule has 0 aliphatic heterocycles. The van der Waals surface area contributed by atoms with Crippen LogP contribution in [-0.4, -0.2) is 42.6 Å². The minimum Gasteiger partial charge on any atom is -0.404 e. The summed E-state index contributed by atoms with van der Waals surface area (Å²) in [6, 6.07) is 16.2. The number of allylic oxidation sites excluding steroid dienone is 1. The van der Waals surface area contributed by atoms with E-state index in [0.29, 0.717) is 17.0 Å². The molecule has 1 aromatic carbocycles. The zero-order valence-corrected chi connectivity index (χ0v) is 22.3. The molecule has 4 heterocycles. The maximum absolute atomic E-state index is 9.72. The Labute approximate surface area is 230 Å². The van der Waals surface area contributed by atoms with Gasteiger partial charge in [0.25, 0.3) is 0 Å². The number of aryl methyl sites for hydroxylation is 2. The Morgan fingerprint density at radius 1 is 1.03 bits per heavy atom. The van der Waals surface area contributed by atoms with Crippen LogP contribution in [0.3, 0.4) is 0 Å². The van der Waals surface area contributed by atoms with Gasteiger partial charge in [0.2, 0.25) is 0 Å². The van der Waals surface area contributed by atoms with Crippen LogP contribution in [0.2, 0.25) is 0 Å². The van der Waals surface area contributed by atoms with Gasteiger partial charge in [0, 0.05) is 30.5 Å². The van der Waals surface area contributed by atoms with E-state index >= 15 is 0 Å². The number of rotatable bonds is 5. The van der Waals surface area contributed by atoms with E-state index in [0.717, 1.165) is 65.0 Å². The molecule has 0 amide bonds. The summed E-state index contributed by atoms with van der Waals surface area (Å²) in [5, 5.41) is 9.25. The summed E-state index contributed by atoms with van der Waals surface area (Å²) in [6.45, 7) is 0. The van der Waals surface area contributed by atoms with Crippen LogP contribution in [0.25, 0.3) is 34.1 Å². The van der Waals surface area contributed by atoms with Crippen molar-refractivity contribution in [3.05, 3.63) is 89.4 Å². The lowest BCUT2D eigenvalue weighted by Gasteiger charge is -2.12. The molecule has 0 saturated heterocycles. The van der Waals surface area contributed by atoms with Gasteiger partial charge < -0.3 is 17.2 Å². The molecule has 200 valence electrons. The van der Waals surface area contributed by atoms with Crippen molar-refractivity contribution in [2.75, 3.05) is 12.8 Å². The number of carbonyl (C=O) groups excluding carboxylic acids is 1.